The number of halogens is 1. The van der Waals surface area contributed by atoms with E-state index in [-0.39, 0.29) is 17.9 Å². The van der Waals surface area contributed by atoms with Gasteiger partial charge in [0, 0.05) is 18.7 Å². The third-order valence-electron chi connectivity index (χ3n) is 3.01. The van der Waals surface area contributed by atoms with Gasteiger partial charge in [0.25, 0.3) is 5.56 Å². The van der Waals surface area contributed by atoms with Gasteiger partial charge in [0.05, 0.1) is 5.56 Å². The molecule has 0 aliphatic heterocycles. The van der Waals surface area contributed by atoms with Crippen molar-refractivity contribution in [3.8, 4) is 0 Å². The van der Waals surface area contributed by atoms with Crippen molar-refractivity contribution in [3.05, 3.63) is 63.1 Å². The Labute approximate surface area is 110 Å². The number of aromatic amines is 1. The Balaban J connectivity index is 2.14. The maximum Gasteiger partial charge on any atom is 0.255 e. The Hall–Kier alpha value is -2.01. The van der Waals surface area contributed by atoms with Crippen LogP contribution in [0.5, 0.6) is 0 Å². The number of hydrogen-bond donors (Lipinski definition) is 2. The number of aryl methyl sites for hydroxylation is 3. The van der Waals surface area contributed by atoms with Gasteiger partial charge in [-0.3, -0.25) is 4.79 Å². The molecule has 2 aromatic rings. The molecule has 1 heterocycles. The summed E-state index contributed by atoms with van der Waals surface area (Å²) in [6.07, 6.45) is 1.19. The minimum Gasteiger partial charge on any atom is -0.326 e. The summed E-state index contributed by atoms with van der Waals surface area (Å²) in [5.74, 6) is 0.345. The number of nitrogens with zero attached hydrogens (tertiary/aromatic N) is 1. The zero-order chi connectivity index (χ0) is 13.8. The zero-order valence-electron chi connectivity index (χ0n) is 10.7. The number of rotatable bonds is 4. The first-order chi connectivity index (χ1) is 9.10. The molecule has 0 aliphatic rings. The van der Waals surface area contributed by atoms with Crippen molar-refractivity contribution in [1.29, 1.82) is 0 Å². The van der Waals surface area contributed by atoms with Crippen molar-refractivity contribution in [2.75, 3.05) is 0 Å². The van der Waals surface area contributed by atoms with Gasteiger partial charge in [0.1, 0.15) is 11.6 Å². The van der Waals surface area contributed by atoms with Crippen LogP contribution in [0.4, 0.5) is 4.39 Å². The Morgan fingerprint density at radius 2 is 2.16 bits per heavy atom. The van der Waals surface area contributed by atoms with Crippen LogP contribution in [0.25, 0.3) is 0 Å². The molecule has 0 saturated carbocycles. The van der Waals surface area contributed by atoms with E-state index in [1.165, 1.54) is 12.1 Å². The first-order valence-corrected chi connectivity index (χ1v) is 6.13. The molecule has 19 heavy (non-hydrogen) atoms. The zero-order valence-corrected chi connectivity index (χ0v) is 10.7. The van der Waals surface area contributed by atoms with Gasteiger partial charge in [-0.25, -0.2) is 9.37 Å². The van der Waals surface area contributed by atoms with E-state index < -0.39 is 0 Å². The summed E-state index contributed by atoms with van der Waals surface area (Å²) in [5, 5.41) is 0. The lowest BCUT2D eigenvalue weighted by Crippen LogP contribution is -2.21. The topological polar surface area (TPSA) is 71.8 Å². The van der Waals surface area contributed by atoms with Crippen LogP contribution in [-0.2, 0) is 19.4 Å². The van der Waals surface area contributed by atoms with Gasteiger partial charge in [-0.15, -0.1) is 0 Å². The second-order valence-corrected chi connectivity index (χ2v) is 4.41. The van der Waals surface area contributed by atoms with Gasteiger partial charge in [-0.05, 0) is 31.0 Å². The lowest BCUT2D eigenvalue weighted by molar-refractivity contribution is 0.625. The molecule has 4 nitrogen and oxygen atoms in total. The summed E-state index contributed by atoms with van der Waals surface area (Å²) in [4.78, 5) is 18.7. The molecule has 5 heteroatoms. The number of aromatic nitrogens is 2. The van der Waals surface area contributed by atoms with Gasteiger partial charge >= 0.3 is 0 Å². The van der Waals surface area contributed by atoms with Crippen molar-refractivity contribution >= 4 is 0 Å². The number of H-pyrrole nitrogens is 1. The van der Waals surface area contributed by atoms with Crippen molar-refractivity contribution < 1.29 is 4.39 Å². The average Bonchev–Trinajstić information content (AvgIpc) is 2.36. The van der Waals surface area contributed by atoms with Gasteiger partial charge in [0.2, 0.25) is 0 Å². The minimum absolute atomic E-state index is 0.179. The fourth-order valence-corrected chi connectivity index (χ4v) is 1.98. The van der Waals surface area contributed by atoms with E-state index in [2.05, 4.69) is 9.97 Å². The van der Waals surface area contributed by atoms with Crippen LogP contribution in [0.15, 0.2) is 29.1 Å². The average molecular weight is 261 g/mol. The SMILES string of the molecule is Cc1nc(CCc2cccc(F)c2)[nH]c(=O)c1CN. The van der Waals surface area contributed by atoms with Crippen LogP contribution in [-0.4, -0.2) is 9.97 Å². The summed E-state index contributed by atoms with van der Waals surface area (Å²) >= 11 is 0. The second kappa shape index (κ2) is 5.75. The number of nitrogens with two attached hydrogens (primary N) is 1. The molecule has 3 N–H and O–H groups in total. The Morgan fingerprint density at radius 1 is 1.37 bits per heavy atom. The molecular formula is C14H16FN3O. The fraction of sp³-hybridized carbons (Fsp3) is 0.286. The maximum atomic E-state index is 13.0. The molecule has 1 aromatic heterocycles. The highest BCUT2D eigenvalue weighted by Gasteiger charge is 2.06. The molecule has 1 aromatic carbocycles. The van der Waals surface area contributed by atoms with E-state index >= 15 is 0 Å². The molecule has 0 fully saturated rings. The molecule has 0 aliphatic carbocycles. The normalized spacial score (nSPS) is 10.7. The molecule has 0 spiro atoms. The molecule has 100 valence electrons. The quantitative estimate of drug-likeness (QED) is 0.875. The van der Waals surface area contributed by atoms with Crippen molar-refractivity contribution in [2.45, 2.75) is 26.3 Å². The molecule has 0 saturated heterocycles. The number of hydrogen-bond acceptors (Lipinski definition) is 3. The standard InChI is InChI=1S/C14H16FN3O/c1-9-12(8-16)14(19)18-13(17-9)6-5-10-3-2-4-11(15)7-10/h2-4,7H,5-6,8,16H2,1H3,(H,17,18,19). The van der Waals surface area contributed by atoms with Crippen molar-refractivity contribution in [2.24, 2.45) is 5.73 Å². The van der Waals surface area contributed by atoms with E-state index in [1.54, 1.807) is 13.0 Å². The monoisotopic (exact) mass is 261 g/mol. The second-order valence-electron chi connectivity index (χ2n) is 4.41. The maximum absolute atomic E-state index is 13.0. The third kappa shape index (κ3) is 3.26. The van der Waals surface area contributed by atoms with Crippen LogP contribution < -0.4 is 11.3 Å². The van der Waals surface area contributed by atoms with Crippen LogP contribution >= 0.6 is 0 Å². The summed E-state index contributed by atoms with van der Waals surface area (Å²) < 4.78 is 13.0. The van der Waals surface area contributed by atoms with Gasteiger partial charge in [0.15, 0.2) is 0 Å². The van der Waals surface area contributed by atoms with E-state index in [0.717, 1.165) is 5.56 Å². The molecule has 0 atom stereocenters. The highest BCUT2D eigenvalue weighted by Crippen LogP contribution is 2.07. The first-order valence-electron chi connectivity index (χ1n) is 6.13. The van der Waals surface area contributed by atoms with Crippen LogP contribution in [0.2, 0.25) is 0 Å². The summed E-state index contributed by atoms with van der Waals surface area (Å²) in [5.41, 5.74) is 7.33. The van der Waals surface area contributed by atoms with E-state index in [1.807, 2.05) is 6.07 Å². The van der Waals surface area contributed by atoms with Gasteiger partial charge in [-0.2, -0.15) is 0 Å². The molecular weight excluding hydrogens is 245 g/mol. The lowest BCUT2D eigenvalue weighted by Gasteiger charge is -2.06. The lowest BCUT2D eigenvalue weighted by atomic mass is 10.1. The van der Waals surface area contributed by atoms with Crippen LogP contribution in [0.3, 0.4) is 0 Å². The largest absolute Gasteiger partial charge is 0.326 e. The first kappa shape index (κ1) is 13.4. The van der Waals surface area contributed by atoms with Crippen LogP contribution in [0.1, 0.15) is 22.6 Å². The summed E-state index contributed by atoms with van der Waals surface area (Å²) in [7, 11) is 0. The third-order valence-corrected chi connectivity index (χ3v) is 3.01. The number of nitrogens with one attached hydrogen (secondary N) is 1. The molecule has 0 unspecified atom stereocenters. The van der Waals surface area contributed by atoms with Crippen LogP contribution in [0, 0.1) is 12.7 Å². The van der Waals surface area contributed by atoms with Gasteiger partial charge < -0.3 is 10.7 Å². The Kier molecular flexibility index (Phi) is 4.06. The smallest absolute Gasteiger partial charge is 0.255 e. The minimum atomic E-state index is -0.256. The highest BCUT2D eigenvalue weighted by molar-refractivity contribution is 5.19. The number of benzene rings is 1. The summed E-state index contributed by atoms with van der Waals surface area (Å²) in [6, 6.07) is 6.41. The Morgan fingerprint density at radius 3 is 2.79 bits per heavy atom. The molecule has 0 bridgehead atoms. The van der Waals surface area contributed by atoms with E-state index in [9.17, 15) is 9.18 Å². The molecule has 2 rings (SSSR count). The molecule has 0 amide bonds. The Bertz CT molecular complexity index is 637. The fourth-order valence-electron chi connectivity index (χ4n) is 1.98. The highest BCUT2D eigenvalue weighted by atomic mass is 19.1. The van der Waals surface area contributed by atoms with E-state index in [4.69, 9.17) is 5.73 Å². The van der Waals surface area contributed by atoms with Crippen molar-refractivity contribution in [3.63, 3.8) is 0 Å². The van der Waals surface area contributed by atoms with E-state index in [0.29, 0.717) is 29.9 Å². The molecule has 0 radical (unpaired) electrons. The predicted molar refractivity (Wildman–Crippen MR) is 71.3 cm³/mol. The summed E-state index contributed by atoms with van der Waals surface area (Å²) in [6.45, 7) is 1.95. The predicted octanol–water partition coefficient (Wildman–Crippen LogP) is 1.46. The van der Waals surface area contributed by atoms with Gasteiger partial charge in [-0.1, -0.05) is 12.1 Å². The van der Waals surface area contributed by atoms with Crippen molar-refractivity contribution in [1.82, 2.24) is 9.97 Å².